The predicted octanol–water partition coefficient (Wildman–Crippen LogP) is 0.774. The molecule has 3 nitrogen and oxygen atoms in total. The van der Waals surface area contributed by atoms with Crippen molar-refractivity contribution in [2.45, 2.75) is 39.7 Å². The van der Waals surface area contributed by atoms with Gasteiger partial charge in [0.15, 0.2) is 0 Å². The van der Waals surface area contributed by atoms with Crippen molar-refractivity contribution in [1.82, 2.24) is 0 Å². The third kappa shape index (κ3) is 22.5. The van der Waals surface area contributed by atoms with Crippen LogP contribution in [0, 0.1) is 5.92 Å². The summed E-state index contributed by atoms with van der Waals surface area (Å²) in [6, 6.07) is 0. The van der Waals surface area contributed by atoms with E-state index in [0.717, 1.165) is 6.42 Å². The van der Waals surface area contributed by atoms with Gasteiger partial charge in [0.1, 0.15) is 0 Å². The molecule has 0 aliphatic heterocycles. The molecule has 0 heterocycles. The third-order valence-corrected chi connectivity index (χ3v) is 1.25. The van der Waals surface area contributed by atoms with Crippen molar-refractivity contribution >= 4 is 0 Å². The molecule has 76 valence electrons. The highest BCUT2D eigenvalue weighted by Gasteiger charge is 1.88. The van der Waals surface area contributed by atoms with Gasteiger partial charge in [0.25, 0.3) is 0 Å². The van der Waals surface area contributed by atoms with Crippen LogP contribution in [0.25, 0.3) is 0 Å². The largest absolute Gasteiger partial charge is 0.396 e. The Hall–Kier alpha value is -0.120. The zero-order chi connectivity index (χ0) is 9.98. The number of hydrogen-bond donors (Lipinski definition) is 3. The molecule has 0 fully saturated rings. The fraction of sp³-hybridized carbons (Fsp3) is 1.00. The molecule has 0 aromatic carbocycles. The van der Waals surface area contributed by atoms with Gasteiger partial charge in [-0.2, -0.15) is 0 Å². The summed E-state index contributed by atoms with van der Waals surface area (Å²) in [6.45, 7) is 6.25. The van der Waals surface area contributed by atoms with Gasteiger partial charge in [0.2, 0.25) is 0 Å². The first kappa shape index (κ1) is 14.4. The van der Waals surface area contributed by atoms with E-state index in [-0.39, 0.29) is 12.7 Å². The average Bonchev–Trinajstić information content (AvgIpc) is 1.87. The lowest BCUT2D eigenvalue weighted by Crippen LogP contribution is -2.00. The molecule has 1 unspecified atom stereocenters. The van der Waals surface area contributed by atoms with Gasteiger partial charge in [-0.15, -0.1) is 0 Å². The van der Waals surface area contributed by atoms with E-state index in [1.165, 1.54) is 0 Å². The summed E-state index contributed by atoms with van der Waals surface area (Å²) in [5.74, 6) is 0.648. The van der Waals surface area contributed by atoms with Crippen LogP contribution in [-0.4, -0.2) is 34.6 Å². The molecular weight excluding hydrogens is 156 g/mol. The van der Waals surface area contributed by atoms with Crippen molar-refractivity contribution in [3.63, 3.8) is 0 Å². The lowest BCUT2D eigenvalue weighted by atomic mass is 10.2. The standard InChI is InChI=1S/C5H12O.C4H10O2/c1-5(2)3-4-6;1-4(6)2-3-5/h5-6H,3-4H2,1-2H3;4-6H,2-3H2,1H3. The molecule has 0 aromatic rings. The summed E-state index contributed by atoms with van der Waals surface area (Å²) in [6.07, 6.45) is 1.06. The summed E-state index contributed by atoms with van der Waals surface area (Å²) in [5.41, 5.74) is 0. The van der Waals surface area contributed by atoms with Gasteiger partial charge in [-0.05, 0) is 25.7 Å². The molecule has 0 amide bonds. The minimum Gasteiger partial charge on any atom is -0.396 e. The lowest BCUT2D eigenvalue weighted by Gasteiger charge is -1.95. The lowest BCUT2D eigenvalue weighted by molar-refractivity contribution is 0.148. The molecule has 0 aromatic heterocycles. The number of rotatable bonds is 4. The van der Waals surface area contributed by atoms with Crippen molar-refractivity contribution in [2.24, 2.45) is 5.92 Å². The Bertz CT molecular complexity index is 62.2. The Labute approximate surface area is 75.0 Å². The van der Waals surface area contributed by atoms with E-state index in [4.69, 9.17) is 15.3 Å². The molecule has 0 aliphatic carbocycles. The second-order valence-corrected chi connectivity index (χ2v) is 3.27. The van der Waals surface area contributed by atoms with Crippen LogP contribution in [0.15, 0.2) is 0 Å². The summed E-state index contributed by atoms with van der Waals surface area (Å²) in [5, 5.41) is 24.7. The second-order valence-electron chi connectivity index (χ2n) is 3.27. The Morgan fingerprint density at radius 2 is 1.33 bits per heavy atom. The molecule has 0 radical (unpaired) electrons. The van der Waals surface area contributed by atoms with Crippen molar-refractivity contribution in [3.05, 3.63) is 0 Å². The maximum absolute atomic E-state index is 8.39. The zero-order valence-electron chi connectivity index (χ0n) is 8.32. The monoisotopic (exact) mass is 178 g/mol. The van der Waals surface area contributed by atoms with Crippen LogP contribution >= 0.6 is 0 Å². The summed E-state index contributed by atoms with van der Waals surface area (Å²) < 4.78 is 0. The molecule has 0 saturated heterocycles. The van der Waals surface area contributed by atoms with E-state index < -0.39 is 0 Å². The number of aliphatic hydroxyl groups is 3. The molecule has 3 heteroatoms. The second kappa shape index (κ2) is 10.9. The van der Waals surface area contributed by atoms with Crippen LogP contribution in [0.2, 0.25) is 0 Å². The minimum atomic E-state index is -0.352. The zero-order valence-corrected chi connectivity index (χ0v) is 8.32. The highest BCUT2D eigenvalue weighted by molar-refractivity contribution is 4.40. The summed E-state index contributed by atoms with van der Waals surface area (Å²) in [7, 11) is 0. The quantitative estimate of drug-likeness (QED) is 0.596. The van der Waals surface area contributed by atoms with Gasteiger partial charge in [-0.25, -0.2) is 0 Å². The molecule has 3 N–H and O–H groups in total. The van der Waals surface area contributed by atoms with Crippen molar-refractivity contribution in [3.8, 4) is 0 Å². The SMILES string of the molecule is CC(C)CCO.CC(O)CCO. The molecule has 0 saturated carbocycles. The third-order valence-electron chi connectivity index (χ3n) is 1.25. The molecule has 1 atom stereocenters. The Morgan fingerprint density at radius 3 is 1.33 bits per heavy atom. The van der Waals surface area contributed by atoms with Crippen molar-refractivity contribution < 1.29 is 15.3 Å². The highest BCUT2D eigenvalue weighted by Crippen LogP contribution is 1.94. The normalized spacial score (nSPS) is 12.2. The van der Waals surface area contributed by atoms with Gasteiger partial charge in [0.05, 0.1) is 6.10 Å². The number of aliphatic hydroxyl groups excluding tert-OH is 3. The van der Waals surface area contributed by atoms with E-state index in [2.05, 4.69) is 13.8 Å². The molecule has 12 heavy (non-hydrogen) atoms. The Balaban J connectivity index is 0. The van der Waals surface area contributed by atoms with E-state index >= 15 is 0 Å². The molecule has 0 bridgehead atoms. The van der Waals surface area contributed by atoms with Crippen molar-refractivity contribution in [2.75, 3.05) is 13.2 Å². The maximum Gasteiger partial charge on any atom is 0.0533 e. The Morgan fingerprint density at radius 1 is 0.917 bits per heavy atom. The van der Waals surface area contributed by atoms with Gasteiger partial charge >= 0.3 is 0 Å². The molecule has 0 rings (SSSR count). The van der Waals surface area contributed by atoms with Crippen LogP contribution < -0.4 is 0 Å². The van der Waals surface area contributed by atoms with Crippen LogP contribution in [-0.2, 0) is 0 Å². The topological polar surface area (TPSA) is 60.7 Å². The fourth-order valence-electron chi connectivity index (χ4n) is 0.445. The number of hydrogen-bond acceptors (Lipinski definition) is 3. The van der Waals surface area contributed by atoms with E-state index in [0.29, 0.717) is 18.9 Å². The van der Waals surface area contributed by atoms with Gasteiger partial charge in [0, 0.05) is 13.2 Å². The van der Waals surface area contributed by atoms with Crippen LogP contribution in [0.4, 0.5) is 0 Å². The predicted molar refractivity (Wildman–Crippen MR) is 49.9 cm³/mol. The summed E-state index contributed by atoms with van der Waals surface area (Å²) >= 11 is 0. The van der Waals surface area contributed by atoms with E-state index in [9.17, 15) is 0 Å². The van der Waals surface area contributed by atoms with E-state index in [1.54, 1.807) is 6.92 Å². The molecule has 0 spiro atoms. The first-order chi connectivity index (χ1) is 5.54. The van der Waals surface area contributed by atoms with Crippen molar-refractivity contribution in [1.29, 1.82) is 0 Å². The molecule has 0 aliphatic rings. The van der Waals surface area contributed by atoms with Gasteiger partial charge in [-0.1, -0.05) is 13.8 Å². The van der Waals surface area contributed by atoms with Gasteiger partial charge in [-0.3, -0.25) is 0 Å². The van der Waals surface area contributed by atoms with Crippen LogP contribution in [0.3, 0.4) is 0 Å². The van der Waals surface area contributed by atoms with Crippen LogP contribution in [0.1, 0.15) is 33.6 Å². The molecular formula is C9H22O3. The summed E-state index contributed by atoms with van der Waals surface area (Å²) in [4.78, 5) is 0. The van der Waals surface area contributed by atoms with E-state index in [1.807, 2.05) is 0 Å². The first-order valence-electron chi connectivity index (χ1n) is 4.44. The van der Waals surface area contributed by atoms with Crippen LogP contribution in [0.5, 0.6) is 0 Å². The maximum atomic E-state index is 8.39. The smallest absolute Gasteiger partial charge is 0.0533 e. The highest BCUT2D eigenvalue weighted by atomic mass is 16.3. The Kier molecular flexibility index (Phi) is 13.1. The van der Waals surface area contributed by atoms with Gasteiger partial charge < -0.3 is 15.3 Å². The minimum absolute atomic E-state index is 0.0810. The first-order valence-corrected chi connectivity index (χ1v) is 4.44. The fourth-order valence-corrected chi connectivity index (χ4v) is 0.445. The average molecular weight is 178 g/mol.